The fourth-order valence-corrected chi connectivity index (χ4v) is 3.20. The number of hydrogen-bond acceptors (Lipinski definition) is 4. The average molecular weight is 401 g/mol. The molecular weight excluding hydrogens is 384 g/mol. The molecule has 1 aliphatic heterocycles. The zero-order valence-electron chi connectivity index (χ0n) is 13.6. The number of nitrogens with two attached hydrogens (primary N) is 1. The first-order chi connectivity index (χ1) is 12.0. The predicted molar refractivity (Wildman–Crippen MR) is 101 cm³/mol. The third kappa shape index (κ3) is 3.71. The Bertz CT molecular complexity index is 851. The van der Waals surface area contributed by atoms with E-state index in [9.17, 15) is 9.59 Å². The summed E-state index contributed by atoms with van der Waals surface area (Å²) in [4.78, 5) is 24.3. The molecule has 0 bridgehead atoms. The molecule has 0 saturated carbocycles. The minimum atomic E-state index is -0.676. The molecule has 1 aliphatic rings. The van der Waals surface area contributed by atoms with E-state index in [0.717, 1.165) is 10.0 Å². The first-order valence-electron chi connectivity index (χ1n) is 7.74. The highest BCUT2D eigenvalue weighted by atomic mass is 79.9. The molecule has 0 fully saturated rings. The zero-order chi connectivity index (χ0) is 18.0. The topological polar surface area (TPSA) is 87.8 Å². The van der Waals surface area contributed by atoms with Gasteiger partial charge in [-0.1, -0.05) is 24.3 Å². The van der Waals surface area contributed by atoms with E-state index < -0.39 is 11.9 Å². The number of halogens is 1. The first kappa shape index (κ1) is 17.2. The lowest BCUT2D eigenvalue weighted by atomic mass is 10.1. The third-order valence-corrected chi connectivity index (χ3v) is 4.55. The van der Waals surface area contributed by atoms with E-state index in [0.29, 0.717) is 11.4 Å². The molecule has 1 heterocycles. The van der Waals surface area contributed by atoms with Crippen molar-refractivity contribution < 1.29 is 9.59 Å². The summed E-state index contributed by atoms with van der Waals surface area (Å²) in [5, 5.41) is 8.64. The lowest BCUT2D eigenvalue weighted by molar-refractivity contribution is -0.119. The fraction of sp³-hybridized carbons (Fsp3) is 0.167. The summed E-state index contributed by atoms with van der Waals surface area (Å²) in [5.41, 5.74) is 8.19. The number of aryl methyl sites for hydroxylation is 1. The molecule has 6 nitrogen and oxygen atoms in total. The predicted octanol–water partition coefficient (Wildman–Crippen LogP) is 2.82. The van der Waals surface area contributed by atoms with E-state index in [-0.39, 0.29) is 18.0 Å². The van der Waals surface area contributed by atoms with Crippen LogP contribution >= 0.6 is 15.9 Å². The van der Waals surface area contributed by atoms with E-state index in [2.05, 4.69) is 26.3 Å². The molecule has 3 N–H and O–H groups in total. The van der Waals surface area contributed by atoms with Gasteiger partial charge >= 0.3 is 0 Å². The summed E-state index contributed by atoms with van der Waals surface area (Å²) >= 11 is 3.43. The highest BCUT2D eigenvalue weighted by molar-refractivity contribution is 9.10. The van der Waals surface area contributed by atoms with Crippen molar-refractivity contribution in [3.8, 4) is 0 Å². The van der Waals surface area contributed by atoms with Gasteiger partial charge in [0.05, 0.1) is 11.4 Å². The van der Waals surface area contributed by atoms with Crippen LogP contribution in [0.1, 0.15) is 12.0 Å². The molecule has 1 atom stereocenters. The average Bonchev–Trinajstić information content (AvgIpc) is 3.04. The molecular formula is C18H17BrN4O2. The number of primary amides is 1. The normalized spacial score (nSPS) is 16.5. The number of nitrogens with zero attached hydrogens (tertiary/aromatic N) is 2. The van der Waals surface area contributed by atoms with Crippen LogP contribution in [0.15, 0.2) is 58.1 Å². The molecule has 0 radical (unpaired) electrons. The molecule has 0 unspecified atom stereocenters. The second-order valence-corrected chi connectivity index (χ2v) is 6.64. The van der Waals surface area contributed by atoms with E-state index in [1.54, 1.807) is 0 Å². The number of rotatable bonds is 4. The van der Waals surface area contributed by atoms with Gasteiger partial charge in [0.25, 0.3) is 5.91 Å². The number of hydrazone groups is 1. The molecule has 2 aromatic rings. The Morgan fingerprint density at radius 1 is 1.24 bits per heavy atom. The first-order valence-corrected chi connectivity index (χ1v) is 8.53. The van der Waals surface area contributed by atoms with Gasteiger partial charge < -0.3 is 11.1 Å². The van der Waals surface area contributed by atoms with Gasteiger partial charge in [0, 0.05) is 10.9 Å². The van der Waals surface area contributed by atoms with Gasteiger partial charge in [-0.3, -0.25) is 14.6 Å². The van der Waals surface area contributed by atoms with Crippen LogP contribution in [0.2, 0.25) is 0 Å². The van der Waals surface area contributed by atoms with Crippen LogP contribution in [0.3, 0.4) is 0 Å². The Labute approximate surface area is 153 Å². The minimum Gasteiger partial charge on any atom is -0.368 e. The second kappa shape index (κ2) is 7.06. The van der Waals surface area contributed by atoms with Crippen LogP contribution in [-0.2, 0) is 9.59 Å². The van der Waals surface area contributed by atoms with Crippen molar-refractivity contribution in [1.82, 2.24) is 0 Å². The van der Waals surface area contributed by atoms with Crippen molar-refractivity contribution in [2.24, 2.45) is 10.8 Å². The highest BCUT2D eigenvalue weighted by Crippen LogP contribution is 2.26. The summed E-state index contributed by atoms with van der Waals surface area (Å²) < 4.78 is 0.783. The van der Waals surface area contributed by atoms with E-state index in [1.807, 2.05) is 55.5 Å². The minimum absolute atomic E-state index is 0.166. The fourth-order valence-electron chi connectivity index (χ4n) is 2.60. The standard InChI is InChI=1S/C18H17BrN4O2/c1-11-7-8-14(13(19)9-11)21-18(25)15-10-16(17(20)24)23(22-15)12-5-3-2-4-6-12/h2-9,16H,10H2,1H3,(H2,20,24)(H,21,25)/t16-/m1/s1. The van der Waals surface area contributed by atoms with Gasteiger partial charge in [-0.25, -0.2) is 0 Å². The maximum absolute atomic E-state index is 12.6. The van der Waals surface area contributed by atoms with Gasteiger partial charge in [0.1, 0.15) is 11.8 Å². The molecule has 2 aromatic carbocycles. The molecule has 128 valence electrons. The van der Waals surface area contributed by atoms with Crippen molar-refractivity contribution in [2.75, 3.05) is 10.3 Å². The maximum atomic E-state index is 12.6. The highest BCUT2D eigenvalue weighted by Gasteiger charge is 2.35. The lowest BCUT2D eigenvalue weighted by Gasteiger charge is -2.20. The summed E-state index contributed by atoms with van der Waals surface area (Å²) in [7, 11) is 0. The van der Waals surface area contributed by atoms with E-state index in [4.69, 9.17) is 5.73 Å². The smallest absolute Gasteiger partial charge is 0.271 e. The van der Waals surface area contributed by atoms with Crippen molar-refractivity contribution in [2.45, 2.75) is 19.4 Å². The monoisotopic (exact) mass is 400 g/mol. The van der Waals surface area contributed by atoms with Gasteiger partial charge in [0.2, 0.25) is 5.91 Å². The van der Waals surface area contributed by atoms with Gasteiger partial charge in [0.15, 0.2) is 0 Å². The van der Waals surface area contributed by atoms with Crippen molar-refractivity contribution in [1.29, 1.82) is 0 Å². The number of amides is 2. The molecule has 0 spiro atoms. The number of carbonyl (C=O) groups is 2. The van der Waals surface area contributed by atoms with Crippen LogP contribution in [0.4, 0.5) is 11.4 Å². The lowest BCUT2D eigenvalue weighted by Crippen LogP contribution is -2.39. The number of hydrogen-bond donors (Lipinski definition) is 2. The Morgan fingerprint density at radius 2 is 1.96 bits per heavy atom. The van der Waals surface area contributed by atoms with Gasteiger partial charge in [-0.2, -0.15) is 5.10 Å². The maximum Gasteiger partial charge on any atom is 0.271 e. The third-order valence-electron chi connectivity index (χ3n) is 3.89. The number of para-hydroxylation sites is 1. The molecule has 0 aromatic heterocycles. The van der Waals surface area contributed by atoms with Crippen LogP contribution in [0, 0.1) is 6.92 Å². The number of nitrogens with one attached hydrogen (secondary N) is 1. The van der Waals surface area contributed by atoms with Crippen LogP contribution in [0.5, 0.6) is 0 Å². The van der Waals surface area contributed by atoms with Crippen molar-refractivity contribution in [3.63, 3.8) is 0 Å². The summed E-state index contributed by atoms with van der Waals surface area (Å²) in [6, 6.07) is 14.1. The number of benzene rings is 2. The van der Waals surface area contributed by atoms with Gasteiger partial charge in [-0.05, 0) is 52.7 Å². The molecule has 2 amide bonds. The Hall–Kier alpha value is -2.67. The van der Waals surface area contributed by atoms with Crippen LogP contribution in [-0.4, -0.2) is 23.6 Å². The van der Waals surface area contributed by atoms with Crippen LogP contribution in [0.25, 0.3) is 0 Å². The van der Waals surface area contributed by atoms with Crippen molar-refractivity contribution in [3.05, 3.63) is 58.6 Å². The summed E-state index contributed by atoms with van der Waals surface area (Å²) in [6.45, 7) is 1.96. The summed E-state index contributed by atoms with van der Waals surface area (Å²) in [6.07, 6.45) is 0.166. The number of carbonyl (C=O) groups excluding carboxylic acids is 2. The second-order valence-electron chi connectivity index (χ2n) is 5.79. The molecule has 3 rings (SSSR count). The quantitative estimate of drug-likeness (QED) is 0.826. The Balaban J connectivity index is 1.84. The SMILES string of the molecule is Cc1ccc(NC(=O)C2=NN(c3ccccc3)[C@@H](C(N)=O)C2)c(Br)c1. The Morgan fingerprint density at radius 3 is 2.60 bits per heavy atom. The summed E-state index contributed by atoms with van der Waals surface area (Å²) in [5.74, 6) is -0.874. The molecule has 25 heavy (non-hydrogen) atoms. The van der Waals surface area contributed by atoms with E-state index >= 15 is 0 Å². The Kier molecular flexibility index (Phi) is 4.85. The molecule has 0 aliphatic carbocycles. The van der Waals surface area contributed by atoms with Crippen molar-refractivity contribution >= 4 is 44.8 Å². The largest absolute Gasteiger partial charge is 0.368 e. The zero-order valence-corrected chi connectivity index (χ0v) is 15.2. The van der Waals surface area contributed by atoms with E-state index in [1.165, 1.54) is 5.01 Å². The number of anilines is 2. The van der Waals surface area contributed by atoms with Crippen LogP contribution < -0.4 is 16.1 Å². The van der Waals surface area contributed by atoms with Gasteiger partial charge in [-0.15, -0.1) is 0 Å². The molecule has 7 heteroatoms. The molecule has 0 saturated heterocycles.